The molecule has 1 aromatic heterocycles. The third-order valence-electron chi connectivity index (χ3n) is 4.45. The molecule has 6 nitrogen and oxygen atoms in total. The molecule has 0 aliphatic heterocycles. The van der Waals surface area contributed by atoms with Crippen molar-refractivity contribution in [2.45, 2.75) is 26.9 Å². The van der Waals surface area contributed by atoms with Crippen LogP contribution in [0.15, 0.2) is 65.3 Å². The van der Waals surface area contributed by atoms with Crippen LogP contribution >= 0.6 is 15.9 Å². The van der Waals surface area contributed by atoms with Gasteiger partial charge in [0.05, 0.1) is 12.3 Å². The Morgan fingerprint density at radius 1 is 1.03 bits per heavy atom. The molecule has 3 aromatic rings. The maximum atomic E-state index is 12.3. The van der Waals surface area contributed by atoms with E-state index in [-0.39, 0.29) is 12.5 Å². The number of amides is 1. The summed E-state index contributed by atoms with van der Waals surface area (Å²) in [6, 6.07) is 17.2. The van der Waals surface area contributed by atoms with E-state index in [0.717, 1.165) is 27.0 Å². The van der Waals surface area contributed by atoms with Crippen molar-refractivity contribution in [1.82, 2.24) is 10.3 Å². The molecule has 162 valence electrons. The highest BCUT2D eigenvalue weighted by Crippen LogP contribution is 2.34. The second-order valence-corrected chi connectivity index (χ2v) is 7.81. The number of ether oxygens (including phenoxy) is 2. The first kappa shape index (κ1) is 22.8. The molecule has 0 atom stereocenters. The van der Waals surface area contributed by atoms with E-state index in [0.29, 0.717) is 31.2 Å². The Kier molecular flexibility index (Phi) is 8.44. The Labute approximate surface area is 191 Å². The molecule has 2 N–H and O–H groups in total. The number of carbonyl (C=O) groups is 1. The number of carbonyl (C=O) groups excluding carboxylic acids is 1. The molecule has 0 radical (unpaired) electrons. The van der Waals surface area contributed by atoms with Gasteiger partial charge in [-0.2, -0.15) is 0 Å². The molecule has 7 heteroatoms. The molecule has 1 amide bonds. The lowest BCUT2D eigenvalue weighted by atomic mass is 10.2. The molecule has 0 unspecified atom stereocenters. The molecule has 0 spiro atoms. The Morgan fingerprint density at radius 3 is 2.52 bits per heavy atom. The fourth-order valence-corrected chi connectivity index (χ4v) is 3.36. The minimum Gasteiger partial charge on any atom is -0.490 e. The quantitative estimate of drug-likeness (QED) is 0.430. The van der Waals surface area contributed by atoms with E-state index >= 15 is 0 Å². The maximum Gasteiger partial charge on any atom is 0.262 e. The van der Waals surface area contributed by atoms with E-state index in [2.05, 4.69) is 31.5 Å². The number of aryl methyl sites for hydroxylation is 1. The Balaban J connectivity index is 1.60. The van der Waals surface area contributed by atoms with Gasteiger partial charge in [0.2, 0.25) is 0 Å². The molecule has 0 fully saturated rings. The van der Waals surface area contributed by atoms with E-state index in [1.165, 1.54) is 0 Å². The van der Waals surface area contributed by atoms with Gasteiger partial charge in [0.25, 0.3) is 5.91 Å². The molecule has 0 aliphatic rings. The summed E-state index contributed by atoms with van der Waals surface area (Å²) in [7, 11) is 0. The highest BCUT2D eigenvalue weighted by atomic mass is 79.9. The van der Waals surface area contributed by atoms with Crippen molar-refractivity contribution < 1.29 is 14.3 Å². The molecule has 31 heavy (non-hydrogen) atoms. The maximum absolute atomic E-state index is 12.3. The molecular formula is C24H26BrN3O3. The van der Waals surface area contributed by atoms with E-state index in [9.17, 15) is 4.79 Å². The standard InChI is InChI=1S/C24H26BrN3O3/c1-3-30-22-12-18(14-26-15-20-6-4-5-11-27-20)21(25)13-23(22)31-16-24(29)28-19-9-7-17(2)8-10-19/h4-13,26H,3,14-16H2,1-2H3,(H,28,29). The number of pyridine rings is 1. The van der Waals surface area contributed by atoms with Crippen molar-refractivity contribution in [1.29, 1.82) is 0 Å². The average molecular weight is 484 g/mol. The molecule has 1 heterocycles. The van der Waals surface area contributed by atoms with Crippen LogP contribution in [0.1, 0.15) is 23.7 Å². The summed E-state index contributed by atoms with van der Waals surface area (Å²) < 4.78 is 12.4. The molecule has 0 saturated heterocycles. The van der Waals surface area contributed by atoms with Crippen LogP contribution in [-0.2, 0) is 17.9 Å². The van der Waals surface area contributed by atoms with Crippen LogP contribution in [0.2, 0.25) is 0 Å². The zero-order valence-electron chi connectivity index (χ0n) is 17.7. The van der Waals surface area contributed by atoms with Crippen molar-refractivity contribution in [3.8, 4) is 11.5 Å². The first-order valence-corrected chi connectivity index (χ1v) is 10.9. The first-order valence-electron chi connectivity index (χ1n) is 10.1. The summed E-state index contributed by atoms with van der Waals surface area (Å²) >= 11 is 3.59. The van der Waals surface area contributed by atoms with Crippen molar-refractivity contribution in [3.63, 3.8) is 0 Å². The van der Waals surface area contributed by atoms with Gasteiger partial charge in [0.15, 0.2) is 18.1 Å². The van der Waals surface area contributed by atoms with Crippen LogP contribution in [0, 0.1) is 6.92 Å². The zero-order valence-corrected chi connectivity index (χ0v) is 19.2. The predicted molar refractivity (Wildman–Crippen MR) is 125 cm³/mol. The van der Waals surface area contributed by atoms with E-state index in [1.807, 2.05) is 68.4 Å². The van der Waals surface area contributed by atoms with Crippen LogP contribution in [-0.4, -0.2) is 24.1 Å². The minimum absolute atomic E-state index is 0.113. The molecule has 0 bridgehead atoms. The fraction of sp³-hybridized carbons (Fsp3) is 0.250. The van der Waals surface area contributed by atoms with Gasteiger partial charge in [-0.15, -0.1) is 0 Å². The third-order valence-corrected chi connectivity index (χ3v) is 5.19. The summed E-state index contributed by atoms with van der Waals surface area (Å²) in [4.78, 5) is 16.6. The second kappa shape index (κ2) is 11.5. The summed E-state index contributed by atoms with van der Waals surface area (Å²) in [5.74, 6) is 0.883. The third kappa shape index (κ3) is 7.08. The van der Waals surface area contributed by atoms with Crippen molar-refractivity contribution in [3.05, 3.63) is 82.1 Å². The van der Waals surface area contributed by atoms with Crippen LogP contribution < -0.4 is 20.1 Å². The fourth-order valence-electron chi connectivity index (χ4n) is 2.90. The van der Waals surface area contributed by atoms with Gasteiger partial charge in [-0.3, -0.25) is 9.78 Å². The lowest BCUT2D eigenvalue weighted by molar-refractivity contribution is -0.118. The lowest BCUT2D eigenvalue weighted by Crippen LogP contribution is -2.20. The minimum atomic E-state index is -0.233. The summed E-state index contributed by atoms with van der Waals surface area (Å²) in [6.07, 6.45) is 1.78. The van der Waals surface area contributed by atoms with Gasteiger partial charge >= 0.3 is 0 Å². The Bertz CT molecular complexity index is 995. The van der Waals surface area contributed by atoms with Gasteiger partial charge in [-0.05, 0) is 55.8 Å². The number of rotatable bonds is 10. The van der Waals surface area contributed by atoms with Crippen LogP contribution in [0.25, 0.3) is 0 Å². The number of aromatic nitrogens is 1. The van der Waals surface area contributed by atoms with Gasteiger partial charge in [0, 0.05) is 29.4 Å². The topological polar surface area (TPSA) is 72.5 Å². The van der Waals surface area contributed by atoms with Crippen molar-refractivity contribution in [2.24, 2.45) is 0 Å². The number of benzene rings is 2. The lowest BCUT2D eigenvalue weighted by Gasteiger charge is -2.15. The number of nitrogens with zero attached hydrogens (tertiary/aromatic N) is 1. The van der Waals surface area contributed by atoms with Gasteiger partial charge in [0.1, 0.15) is 0 Å². The SMILES string of the molecule is CCOc1cc(CNCc2ccccn2)c(Br)cc1OCC(=O)Nc1ccc(C)cc1. The number of hydrogen-bond donors (Lipinski definition) is 2. The predicted octanol–water partition coefficient (Wildman–Crippen LogP) is 4.86. The van der Waals surface area contributed by atoms with E-state index < -0.39 is 0 Å². The van der Waals surface area contributed by atoms with Crippen LogP contribution in [0.4, 0.5) is 5.69 Å². The summed E-state index contributed by atoms with van der Waals surface area (Å²) in [6.45, 7) is 5.58. The van der Waals surface area contributed by atoms with Crippen LogP contribution in [0.3, 0.4) is 0 Å². The molecule has 3 rings (SSSR count). The molecule has 2 aromatic carbocycles. The highest BCUT2D eigenvalue weighted by molar-refractivity contribution is 9.10. The van der Waals surface area contributed by atoms with E-state index in [4.69, 9.17) is 9.47 Å². The van der Waals surface area contributed by atoms with E-state index in [1.54, 1.807) is 6.20 Å². The number of halogens is 1. The number of hydrogen-bond acceptors (Lipinski definition) is 5. The van der Waals surface area contributed by atoms with Gasteiger partial charge < -0.3 is 20.1 Å². The normalized spacial score (nSPS) is 10.5. The van der Waals surface area contributed by atoms with Gasteiger partial charge in [-0.25, -0.2) is 0 Å². The van der Waals surface area contributed by atoms with Crippen LogP contribution in [0.5, 0.6) is 11.5 Å². The summed E-state index contributed by atoms with van der Waals surface area (Å²) in [5.41, 5.74) is 3.87. The van der Waals surface area contributed by atoms with Crippen molar-refractivity contribution >= 4 is 27.5 Å². The Morgan fingerprint density at radius 2 is 1.81 bits per heavy atom. The zero-order chi connectivity index (χ0) is 22.1. The second-order valence-electron chi connectivity index (χ2n) is 6.95. The molecular weight excluding hydrogens is 458 g/mol. The smallest absolute Gasteiger partial charge is 0.262 e. The monoisotopic (exact) mass is 483 g/mol. The first-order chi connectivity index (χ1) is 15.0. The highest BCUT2D eigenvalue weighted by Gasteiger charge is 2.13. The average Bonchev–Trinajstić information content (AvgIpc) is 2.77. The van der Waals surface area contributed by atoms with Crippen molar-refractivity contribution in [2.75, 3.05) is 18.5 Å². The van der Waals surface area contributed by atoms with Gasteiger partial charge in [-0.1, -0.05) is 39.7 Å². The number of anilines is 1. The number of nitrogens with one attached hydrogen (secondary N) is 2. The molecule has 0 saturated carbocycles. The summed E-state index contributed by atoms with van der Waals surface area (Å²) in [5, 5.41) is 6.20. The largest absolute Gasteiger partial charge is 0.490 e. The molecule has 0 aliphatic carbocycles. The Hall–Kier alpha value is -2.90.